The topological polar surface area (TPSA) is 455 Å². The van der Waals surface area contributed by atoms with Gasteiger partial charge >= 0.3 is 0 Å². The first kappa shape index (κ1) is 65.3. The monoisotopic (exact) mass is 1230 g/mol. The minimum Gasteiger partial charge on any atom is -0.394 e. The van der Waals surface area contributed by atoms with Crippen LogP contribution in [0.2, 0.25) is 0 Å². The van der Waals surface area contributed by atoms with Crippen LogP contribution in [0.3, 0.4) is 0 Å². The van der Waals surface area contributed by atoms with Crippen LogP contribution in [-0.4, -0.2) is 304 Å². The minimum absolute atomic E-state index is 0.0101. The van der Waals surface area contributed by atoms with Crippen LogP contribution in [0, 0.1) is 52.3 Å². The normalized spacial score (nSPS) is 58.1. The van der Waals surface area contributed by atoms with E-state index in [2.05, 4.69) is 27.7 Å². The summed E-state index contributed by atoms with van der Waals surface area (Å²) < 4.78 is 73.3. The van der Waals surface area contributed by atoms with Gasteiger partial charge in [-0.2, -0.15) is 0 Å². The van der Waals surface area contributed by atoms with Crippen molar-refractivity contribution in [2.24, 2.45) is 52.3 Å². The molecule has 0 amide bonds. The summed E-state index contributed by atoms with van der Waals surface area (Å²) in [5.41, 5.74) is -0.538. The molecule has 11 fully saturated rings. The molecule has 0 aromatic rings. The molecule has 0 aromatic heterocycles. The fourth-order valence-corrected chi connectivity index (χ4v) is 17.4. The smallest absolute Gasteiger partial charge is 0.187 e. The van der Waals surface area contributed by atoms with Gasteiger partial charge in [-0.1, -0.05) is 27.7 Å². The van der Waals surface area contributed by atoms with Crippen LogP contribution in [0.25, 0.3) is 0 Å². The van der Waals surface area contributed by atoms with Gasteiger partial charge in [-0.3, -0.25) is 0 Å². The molecular formula is C56H92O29. The lowest BCUT2D eigenvalue weighted by Gasteiger charge is -2.62. The Labute approximate surface area is 491 Å². The molecule has 25 unspecified atom stereocenters. The third-order valence-corrected chi connectivity index (χ3v) is 22.2. The van der Waals surface area contributed by atoms with Gasteiger partial charge in [-0.05, 0) is 85.4 Å². The van der Waals surface area contributed by atoms with Crippen molar-refractivity contribution in [1.82, 2.24) is 0 Å². The van der Waals surface area contributed by atoms with E-state index < -0.39 is 205 Å². The maximum Gasteiger partial charge on any atom is 0.187 e. The standard InChI is InChI=1S/C56H92O29/c1-19-7-10-56(75-17-19)20(2)31-45(85-56)37(67)32-22-6-5-21-11-26(24(61)12-55(21,4)23(22)8-9-54(31,32)3)76-50-43(73)40(70)44(30(16-60)80-50)81-53-48(46(36(66)29(15-59)79-53)82-49-41(71)33(63)25(62)18-74-49)84-52-47(39(69)35(65)28(14-58)78-52)83-51-42(72)38(68)34(64)27(13-57)77-51/h19-53,57-73H,5-18H2,1-4H3/t19?,20-,21-,22+,23-,24+,25?,26+,27?,28?,29?,30?,31-,32+,33?,34?,35?,36?,37+,38?,39?,40?,41?,42?,43?,44?,45+,46?,47?,48?,49?,50?,51?,52?,53?,54+,55-,56+/m0/s1. The highest BCUT2D eigenvalue weighted by Crippen LogP contribution is 2.71. The maximum atomic E-state index is 12.3. The summed E-state index contributed by atoms with van der Waals surface area (Å²) in [4.78, 5) is 0. The van der Waals surface area contributed by atoms with Crippen LogP contribution in [0.5, 0.6) is 0 Å². The number of aliphatic hydroxyl groups is 17. The first-order valence-corrected chi connectivity index (χ1v) is 30.5. The molecular weight excluding hydrogens is 1140 g/mol. The van der Waals surface area contributed by atoms with Gasteiger partial charge in [0.1, 0.15) is 116 Å². The lowest BCUT2D eigenvalue weighted by atomic mass is 9.44. The van der Waals surface area contributed by atoms with Gasteiger partial charge < -0.3 is 144 Å². The Balaban J connectivity index is 0.809. The van der Waals surface area contributed by atoms with Crippen LogP contribution in [0.4, 0.5) is 0 Å². The summed E-state index contributed by atoms with van der Waals surface area (Å²) >= 11 is 0. The molecule has 7 saturated heterocycles. The molecule has 4 saturated carbocycles. The quantitative estimate of drug-likeness (QED) is 0.0719. The number of hydrogen-bond donors (Lipinski definition) is 17. The molecule has 11 aliphatic rings. The second-order valence-corrected chi connectivity index (χ2v) is 26.9. The number of hydrogen-bond acceptors (Lipinski definition) is 29. The van der Waals surface area contributed by atoms with Crippen molar-refractivity contribution >= 4 is 0 Å². The Morgan fingerprint density at radius 1 is 0.447 bits per heavy atom. The van der Waals surface area contributed by atoms with Crippen molar-refractivity contribution in [3.05, 3.63) is 0 Å². The van der Waals surface area contributed by atoms with Crippen molar-refractivity contribution in [2.45, 2.75) is 257 Å². The molecule has 490 valence electrons. The predicted molar refractivity (Wildman–Crippen MR) is 278 cm³/mol. The zero-order chi connectivity index (χ0) is 61.1. The average molecular weight is 1230 g/mol. The van der Waals surface area contributed by atoms with E-state index in [9.17, 15) is 86.8 Å². The van der Waals surface area contributed by atoms with Gasteiger partial charge in [0.15, 0.2) is 37.2 Å². The SMILES string of the molecule is CC1CC[C@@]2(OC1)O[C@H]1[C@H](O)[C@H]3[C@@H]4CC[C@H]5C[C@@H](OC6OC(CO)C(OC7OC(CO)C(O)C(OC8OCC(O)C(O)C8O)C7OC7OC(CO)C(O)C(O)C7OC7OC(CO)C(O)C(O)C7O)C(O)C6O)[C@H](O)C[C@]5(C)[C@H]4CC[C@]3(C)[C@H]1[C@@H]2C. The van der Waals surface area contributed by atoms with Gasteiger partial charge in [-0.15, -0.1) is 0 Å². The highest BCUT2D eigenvalue weighted by molar-refractivity contribution is 5.19. The number of rotatable bonds is 14. The van der Waals surface area contributed by atoms with Crippen molar-refractivity contribution in [3.63, 3.8) is 0 Å². The zero-order valence-electron chi connectivity index (χ0n) is 48.1. The van der Waals surface area contributed by atoms with E-state index in [4.69, 9.17) is 56.8 Å². The molecule has 0 bridgehead atoms. The van der Waals surface area contributed by atoms with Crippen LogP contribution in [0.15, 0.2) is 0 Å². The Morgan fingerprint density at radius 2 is 1.00 bits per heavy atom. The second-order valence-electron chi connectivity index (χ2n) is 26.9. The highest BCUT2D eigenvalue weighted by Gasteiger charge is 2.73. The largest absolute Gasteiger partial charge is 0.394 e. The van der Waals surface area contributed by atoms with Crippen LogP contribution in [0.1, 0.15) is 79.1 Å². The van der Waals surface area contributed by atoms with E-state index in [0.29, 0.717) is 25.4 Å². The summed E-state index contributed by atoms with van der Waals surface area (Å²) in [5, 5.41) is 188. The Kier molecular flexibility index (Phi) is 19.5. The summed E-state index contributed by atoms with van der Waals surface area (Å²) in [7, 11) is 0. The molecule has 7 heterocycles. The van der Waals surface area contributed by atoms with Gasteiger partial charge in [0.25, 0.3) is 0 Å². The summed E-state index contributed by atoms with van der Waals surface area (Å²) in [6.07, 6.45) is -42.9. The molecule has 38 atom stereocenters. The second kappa shape index (κ2) is 25.4. The molecule has 1 spiro atoms. The third kappa shape index (κ3) is 11.3. The zero-order valence-corrected chi connectivity index (χ0v) is 48.1. The summed E-state index contributed by atoms with van der Waals surface area (Å²) in [6.45, 7) is 5.17. The van der Waals surface area contributed by atoms with Crippen molar-refractivity contribution < 1.29 is 144 Å². The van der Waals surface area contributed by atoms with E-state index in [1.807, 2.05) is 0 Å². The Morgan fingerprint density at radius 3 is 1.66 bits per heavy atom. The number of ether oxygens (including phenoxy) is 12. The highest BCUT2D eigenvalue weighted by atomic mass is 16.8. The molecule has 0 aromatic carbocycles. The van der Waals surface area contributed by atoms with Crippen LogP contribution in [-0.2, 0) is 56.8 Å². The van der Waals surface area contributed by atoms with E-state index in [1.165, 1.54) is 0 Å². The molecule has 0 radical (unpaired) electrons. The van der Waals surface area contributed by atoms with Gasteiger partial charge in [0, 0.05) is 18.3 Å². The van der Waals surface area contributed by atoms with E-state index >= 15 is 0 Å². The van der Waals surface area contributed by atoms with E-state index in [1.54, 1.807) is 0 Å². The van der Waals surface area contributed by atoms with Crippen molar-refractivity contribution in [2.75, 3.05) is 39.6 Å². The molecule has 85 heavy (non-hydrogen) atoms. The van der Waals surface area contributed by atoms with Crippen molar-refractivity contribution in [3.8, 4) is 0 Å². The van der Waals surface area contributed by atoms with Crippen molar-refractivity contribution in [1.29, 1.82) is 0 Å². The van der Waals surface area contributed by atoms with Crippen LogP contribution >= 0.6 is 0 Å². The number of aliphatic hydroxyl groups excluding tert-OH is 17. The first-order valence-electron chi connectivity index (χ1n) is 30.5. The average Bonchev–Trinajstić information content (AvgIpc) is 1.74. The van der Waals surface area contributed by atoms with E-state index in [-0.39, 0.29) is 52.4 Å². The molecule has 29 nitrogen and oxygen atoms in total. The lowest BCUT2D eigenvalue weighted by molar-refractivity contribution is -0.414. The molecule has 11 rings (SSSR count). The minimum atomic E-state index is -2.13. The summed E-state index contributed by atoms with van der Waals surface area (Å²) in [5.74, 6) is 0.368. The third-order valence-electron chi connectivity index (χ3n) is 22.2. The fourth-order valence-electron chi connectivity index (χ4n) is 17.4. The molecule has 4 aliphatic carbocycles. The van der Waals surface area contributed by atoms with Crippen LogP contribution < -0.4 is 0 Å². The fraction of sp³-hybridized carbons (Fsp3) is 1.00. The predicted octanol–water partition coefficient (Wildman–Crippen LogP) is -6.50. The van der Waals surface area contributed by atoms with Gasteiger partial charge in [-0.25, -0.2) is 0 Å². The van der Waals surface area contributed by atoms with Gasteiger partial charge in [0.05, 0.1) is 64.1 Å². The Hall–Kier alpha value is -1.16. The molecule has 7 aliphatic heterocycles. The molecule has 29 heteroatoms. The maximum absolute atomic E-state index is 12.3. The number of fused-ring (bicyclic) bond motifs is 7. The van der Waals surface area contributed by atoms with E-state index in [0.717, 1.165) is 38.5 Å². The first-order chi connectivity index (χ1) is 40.3. The summed E-state index contributed by atoms with van der Waals surface area (Å²) in [6, 6.07) is 0. The lowest BCUT2D eigenvalue weighted by Crippen LogP contribution is -2.69. The Bertz CT molecular complexity index is 2220. The molecule has 17 N–H and O–H groups in total. The van der Waals surface area contributed by atoms with Gasteiger partial charge in [0.2, 0.25) is 0 Å².